The van der Waals surface area contributed by atoms with Crippen LogP contribution in [0, 0.1) is 5.82 Å². The molecule has 110 valence electrons. The predicted molar refractivity (Wildman–Crippen MR) is 70.0 cm³/mol. The highest BCUT2D eigenvalue weighted by atomic mass is 19.1. The first-order valence-electron chi connectivity index (χ1n) is 6.45. The fourth-order valence-corrected chi connectivity index (χ4v) is 2.31. The van der Waals surface area contributed by atoms with Crippen molar-refractivity contribution >= 4 is 5.91 Å². The fraction of sp³-hybridized carbons (Fsp3) is 0.500. The Morgan fingerprint density at radius 3 is 2.75 bits per heavy atom. The zero-order chi connectivity index (χ0) is 14.8. The van der Waals surface area contributed by atoms with Gasteiger partial charge in [-0.05, 0) is 18.2 Å². The van der Waals surface area contributed by atoms with E-state index in [9.17, 15) is 19.4 Å². The molecule has 0 spiro atoms. The summed E-state index contributed by atoms with van der Waals surface area (Å²) in [7, 11) is 1.51. The Bertz CT molecular complexity index is 500. The van der Waals surface area contributed by atoms with Crippen molar-refractivity contribution in [1.29, 1.82) is 0 Å². The molecule has 0 saturated carbocycles. The molecule has 2 rings (SSSR count). The average molecular weight is 283 g/mol. The van der Waals surface area contributed by atoms with Gasteiger partial charge in [0.2, 0.25) is 0 Å². The number of ether oxygens (including phenoxy) is 1. The second-order valence-electron chi connectivity index (χ2n) is 5.16. The van der Waals surface area contributed by atoms with Gasteiger partial charge in [-0.15, -0.1) is 0 Å². The summed E-state index contributed by atoms with van der Waals surface area (Å²) in [6.07, 6.45) is 0.888. The number of carbonyl (C=O) groups is 1. The normalized spacial score (nSPS) is 17.8. The van der Waals surface area contributed by atoms with Gasteiger partial charge < -0.3 is 19.8 Å². The summed E-state index contributed by atoms with van der Waals surface area (Å²) in [6, 6.07) is 3.21. The average Bonchev–Trinajstić information content (AvgIpc) is 2.41. The van der Waals surface area contributed by atoms with E-state index in [4.69, 9.17) is 4.74 Å². The summed E-state index contributed by atoms with van der Waals surface area (Å²) in [5.41, 5.74) is -1.10. The molecule has 0 bridgehead atoms. The summed E-state index contributed by atoms with van der Waals surface area (Å²) in [5, 5.41) is 20.0. The first kappa shape index (κ1) is 14.7. The number of aromatic hydroxyl groups is 1. The number of amides is 1. The summed E-state index contributed by atoms with van der Waals surface area (Å²) < 4.78 is 18.3. The predicted octanol–water partition coefficient (Wildman–Crippen LogP) is 1.14. The minimum Gasteiger partial charge on any atom is -0.507 e. The molecule has 2 N–H and O–H groups in total. The minimum absolute atomic E-state index is 0.108. The first-order valence-corrected chi connectivity index (χ1v) is 6.45. The molecule has 1 amide bonds. The summed E-state index contributed by atoms with van der Waals surface area (Å²) in [6.45, 7) is 1.01. The Balaban J connectivity index is 2.10. The van der Waals surface area contributed by atoms with Crippen LogP contribution in [0.3, 0.4) is 0 Å². The van der Waals surface area contributed by atoms with Crippen molar-refractivity contribution in [1.82, 2.24) is 4.90 Å². The van der Waals surface area contributed by atoms with E-state index in [1.54, 1.807) is 0 Å². The lowest BCUT2D eigenvalue weighted by atomic mass is 9.93. The monoisotopic (exact) mass is 283 g/mol. The maximum absolute atomic E-state index is 13.2. The van der Waals surface area contributed by atoms with Crippen molar-refractivity contribution < 1.29 is 24.1 Å². The largest absolute Gasteiger partial charge is 0.507 e. The highest BCUT2D eigenvalue weighted by Crippen LogP contribution is 2.24. The Labute approximate surface area is 116 Å². The number of rotatable bonds is 3. The number of phenolic OH excluding ortho intramolecular Hbond substituents is 1. The minimum atomic E-state index is -0.994. The molecule has 6 heteroatoms. The van der Waals surface area contributed by atoms with Gasteiger partial charge in [0.15, 0.2) is 0 Å². The number of carbonyl (C=O) groups excluding carboxylic acids is 1. The maximum Gasteiger partial charge on any atom is 0.257 e. The van der Waals surface area contributed by atoms with E-state index in [0.29, 0.717) is 26.1 Å². The van der Waals surface area contributed by atoms with E-state index < -0.39 is 17.3 Å². The number of halogens is 1. The lowest BCUT2D eigenvalue weighted by Gasteiger charge is -2.35. The van der Waals surface area contributed by atoms with Gasteiger partial charge in [-0.3, -0.25) is 4.79 Å². The zero-order valence-corrected chi connectivity index (χ0v) is 11.3. The van der Waals surface area contributed by atoms with E-state index in [1.807, 2.05) is 0 Å². The molecule has 0 aromatic heterocycles. The van der Waals surface area contributed by atoms with Crippen molar-refractivity contribution in [3.8, 4) is 5.75 Å². The topological polar surface area (TPSA) is 70.0 Å². The Kier molecular flexibility index (Phi) is 4.25. The van der Waals surface area contributed by atoms with Crippen LogP contribution in [0.15, 0.2) is 18.2 Å². The number of benzene rings is 1. The third kappa shape index (κ3) is 3.26. The summed E-state index contributed by atoms with van der Waals surface area (Å²) in [4.78, 5) is 13.5. The van der Waals surface area contributed by atoms with Gasteiger partial charge in [0, 0.05) is 39.6 Å². The quantitative estimate of drug-likeness (QED) is 0.873. The van der Waals surface area contributed by atoms with Gasteiger partial charge in [0.1, 0.15) is 11.6 Å². The molecule has 1 aromatic carbocycles. The van der Waals surface area contributed by atoms with Crippen LogP contribution in [0.25, 0.3) is 0 Å². The lowest BCUT2D eigenvalue weighted by Crippen LogP contribution is -2.47. The molecule has 1 heterocycles. The van der Waals surface area contributed by atoms with Crippen LogP contribution in [0.4, 0.5) is 4.39 Å². The molecule has 0 aliphatic carbocycles. The lowest BCUT2D eigenvalue weighted by molar-refractivity contribution is -0.0734. The molecule has 1 fully saturated rings. The number of hydrogen-bond donors (Lipinski definition) is 2. The Morgan fingerprint density at radius 1 is 1.45 bits per heavy atom. The second-order valence-corrected chi connectivity index (χ2v) is 5.16. The molecule has 0 radical (unpaired) electrons. The van der Waals surface area contributed by atoms with Gasteiger partial charge >= 0.3 is 0 Å². The van der Waals surface area contributed by atoms with Crippen molar-refractivity contribution in [2.24, 2.45) is 0 Å². The standard InChI is InChI=1S/C14H18FNO4/c1-16(9-14(19)4-6-20-7-5-14)13(18)11-8-10(15)2-3-12(11)17/h2-3,8,17,19H,4-7,9H2,1H3. The van der Waals surface area contributed by atoms with Crippen LogP contribution in [0.2, 0.25) is 0 Å². The molecule has 20 heavy (non-hydrogen) atoms. The first-order chi connectivity index (χ1) is 9.41. The molecule has 5 nitrogen and oxygen atoms in total. The molecule has 0 atom stereocenters. The van der Waals surface area contributed by atoms with Gasteiger partial charge in [-0.1, -0.05) is 0 Å². The molecule has 1 aliphatic rings. The van der Waals surface area contributed by atoms with Crippen LogP contribution in [0.1, 0.15) is 23.2 Å². The van der Waals surface area contributed by atoms with Crippen molar-refractivity contribution in [3.63, 3.8) is 0 Å². The van der Waals surface area contributed by atoms with E-state index in [-0.39, 0.29) is 17.9 Å². The Hall–Kier alpha value is -1.66. The van der Waals surface area contributed by atoms with E-state index in [0.717, 1.165) is 18.2 Å². The summed E-state index contributed by atoms with van der Waals surface area (Å²) in [5.74, 6) is -1.39. The van der Waals surface area contributed by atoms with Gasteiger partial charge in [-0.25, -0.2) is 4.39 Å². The van der Waals surface area contributed by atoms with Gasteiger partial charge in [0.05, 0.1) is 11.2 Å². The number of hydrogen-bond acceptors (Lipinski definition) is 4. The molecular formula is C14H18FNO4. The van der Waals surface area contributed by atoms with Crippen LogP contribution in [-0.4, -0.2) is 53.4 Å². The molecular weight excluding hydrogens is 265 g/mol. The van der Waals surface area contributed by atoms with Crippen LogP contribution >= 0.6 is 0 Å². The highest BCUT2D eigenvalue weighted by molar-refractivity contribution is 5.96. The van der Waals surface area contributed by atoms with E-state index >= 15 is 0 Å². The van der Waals surface area contributed by atoms with Gasteiger partial charge in [0.25, 0.3) is 5.91 Å². The van der Waals surface area contributed by atoms with Crippen LogP contribution in [-0.2, 0) is 4.74 Å². The van der Waals surface area contributed by atoms with Crippen LogP contribution in [0.5, 0.6) is 5.75 Å². The van der Waals surface area contributed by atoms with Crippen molar-refractivity contribution in [3.05, 3.63) is 29.6 Å². The third-order valence-corrected chi connectivity index (χ3v) is 3.49. The van der Waals surface area contributed by atoms with Crippen LogP contribution < -0.4 is 0 Å². The number of nitrogens with zero attached hydrogens (tertiary/aromatic N) is 1. The van der Waals surface area contributed by atoms with Crippen molar-refractivity contribution in [2.45, 2.75) is 18.4 Å². The zero-order valence-electron chi connectivity index (χ0n) is 11.3. The second kappa shape index (κ2) is 5.76. The number of likely N-dealkylation sites (N-methyl/N-ethyl adjacent to an activating group) is 1. The molecule has 1 saturated heterocycles. The highest BCUT2D eigenvalue weighted by Gasteiger charge is 2.33. The van der Waals surface area contributed by atoms with Crippen molar-refractivity contribution in [2.75, 3.05) is 26.8 Å². The molecule has 1 aliphatic heterocycles. The SMILES string of the molecule is CN(CC1(O)CCOCC1)C(=O)c1cc(F)ccc1O. The molecule has 1 aromatic rings. The Morgan fingerprint density at radius 2 is 2.10 bits per heavy atom. The third-order valence-electron chi connectivity index (χ3n) is 3.49. The number of aliphatic hydroxyl groups is 1. The number of phenols is 1. The maximum atomic E-state index is 13.2. The smallest absolute Gasteiger partial charge is 0.257 e. The molecule has 0 unspecified atom stereocenters. The van der Waals surface area contributed by atoms with Gasteiger partial charge in [-0.2, -0.15) is 0 Å². The van der Waals surface area contributed by atoms with E-state index in [1.165, 1.54) is 11.9 Å². The van der Waals surface area contributed by atoms with E-state index in [2.05, 4.69) is 0 Å². The fourth-order valence-electron chi connectivity index (χ4n) is 2.31. The summed E-state index contributed by atoms with van der Waals surface area (Å²) >= 11 is 0.